The number of oxime groups is 1. The smallest absolute Gasteiger partial charge is 0.362 e. The van der Waals surface area contributed by atoms with E-state index in [4.69, 9.17) is 19.0 Å². The molecule has 2 aliphatic heterocycles. The number of cyclic esters (lactones) is 1. The van der Waals surface area contributed by atoms with Crippen LogP contribution in [0.3, 0.4) is 0 Å². The second-order valence-electron chi connectivity index (χ2n) is 10.8. The van der Waals surface area contributed by atoms with Crippen molar-refractivity contribution in [1.29, 1.82) is 0 Å². The van der Waals surface area contributed by atoms with Gasteiger partial charge in [-0.1, -0.05) is 30.3 Å². The summed E-state index contributed by atoms with van der Waals surface area (Å²) in [5.74, 6) is -1.40. The molecule has 14 nitrogen and oxygen atoms in total. The van der Waals surface area contributed by atoms with Gasteiger partial charge < -0.3 is 43.5 Å². The maximum Gasteiger partial charge on any atom is 0.362 e. The first kappa shape index (κ1) is 35.5. The maximum atomic E-state index is 13.5. The van der Waals surface area contributed by atoms with E-state index < -0.39 is 40.0 Å². The number of piperidine rings is 1. The molecule has 0 spiro atoms. The summed E-state index contributed by atoms with van der Waals surface area (Å²) in [6.07, 6.45) is 8.53. The largest absolute Gasteiger partial charge is 0.481 e. The summed E-state index contributed by atoms with van der Waals surface area (Å²) in [5, 5.41) is 4.16. The Morgan fingerprint density at radius 3 is 2.36 bits per heavy atom. The van der Waals surface area contributed by atoms with Gasteiger partial charge in [-0.25, -0.2) is 4.79 Å². The third-order valence-corrected chi connectivity index (χ3v) is 7.59. The molecule has 0 unspecified atom stereocenters. The Labute approximate surface area is 256 Å². The molecule has 244 valence electrons. The van der Waals surface area contributed by atoms with Gasteiger partial charge in [-0.15, -0.1) is 0 Å². The second kappa shape index (κ2) is 16.4. The minimum atomic E-state index is -4.71. The highest BCUT2D eigenvalue weighted by atomic mass is 31.2. The molecular weight excluding hydrogens is 618 g/mol. The number of nitrogens with zero attached hydrogens (tertiary/aromatic N) is 2. The fraction of sp³-hybridized carbons (Fsp3) is 0.536. The third-order valence-electron chi connectivity index (χ3n) is 6.66. The van der Waals surface area contributed by atoms with Crippen molar-refractivity contribution >= 4 is 32.8 Å². The van der Waals surface area contributed by atoms with Crippen molar-refractivity contribution in [2.45, 2.75) is 58.5 Å². The molecule has 0 saturated carbocycles. The number of hydrogen-bond donors (Lipinski definition) is 4. The molecule has 0 aromatic heterocycles. The van der Waals surface area contributed by atoms with Crippen molar-refractivity contribution in [2.24, 2.45) is 11.1 Å². The maximum absolute atomic E-state index is 13.5. The van der Waals surface area contributed by atoms with E-state index in [1.165, 1.54) is 6.07 Å². The van der Waals surface area contributed by atoms with Gasteiger partial charge in [-0.2, -0.15) is 0 Å². The minimum absolute atomic E-state index is 0.128. The lowest BCUT2D eigenvalue weighted by molar-refractivity contribution is -0.137. The van der Waals surface area contributed by atoms with Gasteiger partial charge >= 0.3 is 21.2 Å². The summed E-state index contributed by atoms with van der Waals surface area (Å²) in [4.78, 5) is 70.7. The number of hydrogen-bond acceptors (Lipinski definition) is 9. The Kier molecular flexibility index (Phi) is 13.2. The Bertz CT molecular complexity index is 1340. The standard InChI is InChI=1S/C28H40N2O12P2/c1-20-8-6-10-21(2)42-28(32)27-22(15-24(39-18-43(33,34)35)16-25(27)40-19-44(36,37)38)14-23(11-7-9-20)29-41-17-26(31)30-12-4-3-5-13-30/h6-8,11,15-16,20-21H,3-5,9-10,12-14,17-19H2,1-2H3,(H2,33,34,35)(H2,36,37,38)/b8-6+,11-7+,29-23-/t20-,21+/m0/s1. The number of esters is 1. The number of amides is 1. The van der Waals surface area contributed by atoms with Crippen LogP contribution in [0, 0.1) is 5.92 Å². The highest BCUT2D eigenvalue weighted by molar-refractivity contribution is 7.51. The van der Waals surface area contributed by atoms with E-state index in [0.717, 1.165) is 25.3 Å². The van der Waals surface area contributed by atoms with E-state index in [1.807, 2.05) is 25.2 Å². The van der Waals surface area contributed by atoms with Crippen LogP contribution in [0.15, 0.2) is 41.6 Å². The highest BCUT2D eigenvalue weighted by Gasteiger charge is 2.27. The van der Waals surface area contributed by atoms with Crippen molar-refractivity contribution in [1.82, 2.24) is 4.90 Å². The monoisotopic (exact) mass is 658 g/mol. The number of carbonyl (C=O) groups excluding carboxylic acids is 2. The number of fused-ring (bicyclic) bond motifs is 1. The van der Waals surface area contributed by atoms with Gasteiger partial charge in [-0.05, 0) is 56.2 Å². The predicted octanol–water partition coefficient (Wildman–Crippen LogP) is 3.73. The molecule has 3 rings (SSSR count). The molecular formula is C28H40N2O12P2. The van der Waals surface area contributed by atoms with E-state index in [0.29, 0.717) is 25.9 Å². The lowest BCUT2D eigenvalue weighted by Crippen LogP contribution is -2.37. The molecule has 0 bridgehead atoms. The van der Waals surface area contributed by atoms with Crippen LogP contribution in [-0.2, 0) is 29.9 Å². The van der Waals surface area contributed by atoms with E-state index in [-0.39, 0.29) is 53.2 Å². The molecule has 44 heavy (non-hydrogen) atoms. The molecule has 1 aromatic rings. The van der Waals surface area contributed by atoms with Gasteiger partial charge in [0.05, 0.1) is 5.71 Å². The Balaban J connectivity index is 2.05. The first-order valence-electron chi connectivity index (χ1n) is 14.2. The average molecular weight is 659 g/mol. The number of benzene rings is 1. The zero-order valence-corrected chi connectivity index (χ0v) is 26.5. The molecule has 4 N–H and O–H groups in total. The molecule has 1 amide bonds. The summed E-state index contributed by atoms with van der Waals surface area (Å²) < 4.78 is 39.4. The van der Waals surface area contributed by atoms with E-state index in [9.17, 15) is 38.3 Å². The van der Waals surface area contributed by atoms with Crippen LogP contribution in [0.25, 0.3) is 0 Å². The first-order chi connectivity index (χ1) is 20.7. The number of carbonyl (C=O) groups is 2. The molecule has 1 aromatic carbocycles. The molecule has 0 radical (unpaired) electrons. The normalized spacial score (nSPS) is 22.7. The van der Waals surface area contributed by atoms with Crippen LogP contribution in [0.4, 0.5) is 0 Å². The highest BCUT2D eigenvalue weighted by Crippen LogP contribution is 2.39. The van der Waals surface area contributed by atoms with Crippen LogP contribution < -0.4 is 9.47 Å². The Morgan fingerprint density at radius 2 is 1.68 bits per heavy atom. The molecule has 1 saturated heterocycles. The van der Waals surface area contributed by atoms with Gasteiger partial charge in [0, 0.05) is 32.0 Å². The number of likely N-dealkylation sites (tertiary alicyclic amines) is 1. The van der Waals surface area contributed by atoms with Crippen molar-refractivity contribution in [3.63, 3.8) is 0 Å². The molecule has 16 heteroatoms. The summed E-state index contributed by atoms with van der Waals surface area (Å²) in [7, 11) is -9.32. The van der Waals surface area contributed by atoms with Gasteiger partial charge in [0.2, 0.25) is 0 Å². The first-order valence-corrected chi connectivity index (χ1v) is 17.8. The number of rotatable bonds is 9. The zero-order valence-electron chi connectivity index (χ0n) is 24.7. The molecule has 1 fully saturated rings. The molecule has 2 heterocycles. The van der Waals surface area contributed by atoms with E-state index in [2.05, 4.69) is 5.16 Å². The van der Waals surface area contributed by atoms with Gasteiger partial charge in [0.25, 0.3) is 5.91 Å². The minimum Gasteiger partial charge on any atom is -0.481 e. The summed E-state index contributed by atoms with van der Waals surface area (Å²) >= 11 is 0. The lowest BCUT2D eigenvalue weighted by Gasteiger charge is -2.26. The van der Waals surface area contributed by atoms with Crippen LogP contribution in [0.5, 0.6) is 11.5 Å². The Morgan fingerprint density at radius 1 is 1.00 bits per heavy atom. The summed E-state index contributed by atoms with van der Waals surface area (Å²) in [6.45, 7) is 4.69. The Hall–Kier alpha value is -2.99. The van der Waals surface area contributed by atoms with Crippen molar-refractivity contribution in [3.05, 3.63) is 47.6 Å². The average Bonchev–Trinajstić information content (AvgIpc) is 2.93. The van der Waals surface area contributed by atoms with Crippen LogP contribution in [-0.4, -0.2) is 80.6 Å². The third kappa shape index (κ3) is 12.6. The van der Waals surface area contributed by atoms with Crippen molar-refractivity contribution < 1.29 is 57.3 Å². The van der Waals surface area contributed by atoms with Crippen LogP contribution in [0.1, 0.15) is 61.9 Å². The van der Waals surface area contributed by atoms with Crippen LogP contribution in [0.2, 0.25) is 0 Å². The van der Waals surface area contributed by atoms with E-state index in [1.54, 1.807) is 17.9 Å². The van der Waals surface area contributed by atoms with Gasteiger partial charge in [0.1, 0.15) is 23.2 Å². The summed E-state index contributed by atoms with van der Waals surface area (Å²) in [5.41, 5.74) is 0.245. The van der Waals surface area contributed by atoms with Crippen LogP contribution >= 0.6 is 15.2 Å². The van der Waals surface area contributed by atoms with E-state index >= 15 is 0 Å². The molecule has 2 aliphatic rings. The number of allylic oxidation sites excluding steroid dienone is 3. The lowest BCUT2D eigenvalue weighted by atomic mass is 9.98. The zero-order chi connectivity index (χ0) is 32.3. The predicted molar refractivity (Wildman–Crippen MR) is 161 cm³/mol. The fourth-order valence-electron chi connectivity index (χ4n) is 4.54. The fourth-order valence-corrected chi connectivity index (χ4v) is 5.16. The molecule has 0 aliphatic carbocycles. The number of ether oxygens (including phenoxy) is 3. The topological polar surface area (TPSA) is 202 Å². The van der Waals surface area contributed by atoms with Crippen molar-refractivity contribution in [3.8, 4) is 11.5 Å². The van der Waals surface area contributed by atoms with Gasteiger partial charge in [0.15, 0.2) is 19.3 Å². The SMILES string of the molecule is C[C@@H]1C/C=C/[C@H](C)C/C=C/C(=N/OCC(=O)N2CCCCC2)Cc2cc(OCP(=O)(O)O)cc(OCP(=O)(O)O)c2C(=O)O1. The molecule has 2 atom stereocenters. The van der Waals surface area contributed by atoms with Gasteiger partial charge in [-0.3, -0.25) is 13.9 Å². The second-order valence-corrected chi connectivity index (χ2v) is 14.0. The summed E-state index contributed by atoms with van der Waals surface area (Å²) in [6, 6.07) is 2.43. The quantitative estimate of drug-likeness (QED) is 0.130. The van der Waals surface area contributed by atoms with Crippen molar-refractivity contribution in [2.75, 3.05) is 32.4 Å².